The van der Waals surface area contributed by atoms with E-state index in [1.54, 1.807) is 0 Å². The largest absolute Gasteiger partial charge is 0.481 e. The lowest BCUT2D eigenvalue weighted by Crippen LogP contribution is -2.21. The van der Waals surface area contributed by atoms with Crippen LogP contribution in [-0.4, -0.2) is 28.2 Å². The van der Waals surface area contributed by atoms with Crippen LogP contribution in [0.1, 0.15) is 13.3 Å². The molecule has 0 fully saturated rings. The molecular formula is C6H11ClO3. The molecule has 1 unspecified atom stereocenters. The minimum absolute atomic E-state index is 0.0683. The summed E-state index contributed by atoms with van der Waals surface area (Å²) in [5, 5.41) is 17.2. The van der Waals surface area contributed by atoms with Gasteiger partial charge in [0.25, 0.3) is 0 Å². The molecule has 0 aromatic carbocycles. The second-order valence-corrected chi connectivity index (χ2v) is 2.56. The molecule has 2 atom stereocenters. The molecule has 0 aliphatic carbocycles. The normalized spacial score (nSPS) is 16.3. The van der Waals surface area contributed by atoms with Crippen molar-refractivity contribution in [1.29, 1.82) is 0 Å². The first-order valence-electron chi connectivity index (χ1n) is 3.03. The Morgan fingerprint density at radius 2 is 2.20 bits per heavy atom. The van der Waals surface area contributed by atoms with Crippen molar-refractivity contribution in [2.75, 3.05) is 5.88 Å². The third-order valence-electron chi connectivity index (χ3n) is 1.32. The van der Waals surface area contributed by atoms with Gasteiger partial charge in [0.1, 0.15) is 0 Å². The van der Waals surface area contributed by atoms with Crippen LogP contribution in [0.15, 0.2) is 0 Å². The average Bonchev–Trinajstić information content (AvgIpc) is 1.81. The Morgan fingerprint density at radius 3 is 2.30 bits per heavy atom. The summed E-state index contributed by atoms with van der Waals surface area (Å²) in [6.45, 7) is 1.54. The van der Waals surface area contributed by atoms with Crippen LogP contribution in [-0.2, 0) is 4.79 Å². The second-order valence-electron chi connectivity index (χ2n) is 2.25. The van der Waals surface area contributed by atoms with E-state index in [1.165, 1.54) is 6.92 Å². The molecule has 4 heteroatoms. The number of halogens is 1. The van der Waals surface area contributed by atoms with E-state index in [-0.39, 0.29) is 18.2 Å². The van der Waals surface area contributed by atoms with Crippen molar-refractivity contribution in [2.45, 2.75) is 19.4 Å². The molecule has 0 aliphatic rings. The van der Waals surface area contributed by atoms with Gasteiger partial charge in [-0.1, -0.05) is 0 Å². The number of alkyl halides is 1. The zero-order valence-corrected chi connectivity index (χ0v) is 6.51. The Balaban J connectivity index is 3.71. The third-order valence-corrected chi connectivity index (χ3v) is 1.71. The smallest absolute Gasteiger partial charge is 0.303 e. The van der Waals surface area contributed by atoms with Crippen LogP contribution in [0, 0.1) is 5.92 Å². The van der Waals surface area contributed by atoms with Crippen LogP contribution in [0.4, 0.5) is 0 Å². The Labute approximate surface area is 64.6 Å². The SMILES string of the molecule is CC(O)[C@H](CCl)CC(=O)O. The lowest BCUT2D eigenvalue weighted by molar-refractivity contribution is -0.138. The van der Waals surface area contributed by atoms with E-state index in [2.05, 4.69) is 0 Å². The summed E-state index contributed by atoms with van der Waals surface area (Å²) in [6.07, 6.45) is -0.713. The van der Waals surface area contributed by atoms with E-state index in [0.29, 0.717) is 0 Å². The number of aliphatic hydroxyl groups is 1. The van der Waals surface area contributed by atoms with E-state index < -0.39 is 12.1 Å². The molecular weight excluding hydrogens is 156 g/mol. The van der Waals surface area contributed by atoms with E-state index in [0.717, 1.165) is 0 Å². The molecule has 3 nitrogen and oxygen atoms in total. The Morgan fingerprint density at radius 1 is 1.70 bits per heavy atom. The topological polar surface area (TPSA) is 57.5 Å². The number of carbonyl (C=O) groups is 1. The fraction of sp³-hybridized carbons (Fsp3) is 0.833. The highest BCUT2D eigenvalue weighted by atomic mass is 35.5. The van der Waals surface area contributed by atoms with Crippen molar-refractivity contribution in [1.82, 2.24) is 0 Å². The molecule has 0 saturated carbocycles. The number of carboxylic acid groups (broad SMARTS) is 1. The molecule has 0 radical (unpaired) electrons. The van der Waals surface area contributed by atoms with Crippen LogP contribution in [0.3, 0.4) is 0 Å². The van der Waals surface area contributed by atoms with Gasteiger partial charge in [0.05, 0.1) is 12.5 Å². The molecule has 0 spiro atoms. The van der Waals surface area contributed by atoms with E-state index >= 15 is 0 Å². The predicted molar refractivity (Wildman–Crippen MR) is 38.1 cm³/mol. The summed E-state index contributed by atoms with van der Waals surface area (Å²) in [7, 11) is 0. The summed E-state index contributed by atoms with van der Waals surface area (Å²) in [5.74, 6) is -1.07. The summed E-state index contributed by atoms with van der Waals surface area (Å²) in [4.78, 5) is 10.1. The van der Waals surface area contributed by atoms with Gasteiger partial charge < -0.3 is 10.2 Å². The molecule has 2 N–H and O–H groups in total. The van der Waals surface area contributed by atoms with Gasteiger partial charge in [-0.2, -0.15) is 0 Å². The monoisotopic (exact) mass is 166 g/mol. The molecule has 0 saturated heterocycles. The van der Waals surface area contributed by atoms with Gasteiger partial charge in [-0.3, -0.25) is 4.79 Å². The van der Waals surface area contributed by atoms with Gasteiger partial charge in [0, 0.05) is 11.8 Å². The van der Waals surface area contributed by atoms with Crippen molar-refractivity contribution in [3.8, 4) is 0 Å². The maximum atomic E-state index is 10.1. The van der Waals surface area contributed by atoms with Crippen LogP contribution in [0.2, 0.25) is 0 Å². The van der Waals surface area contributed by atoms with Gasteiger partial charge in [0.15, 0.2) is 0 Å². The van der Waals surface area contributed by atoms with E-state index in [4.69, 9.17) is 21.8 Å². The molecule has 0 aromatic rings. The molecule has 0 aliphatic heterocycles. The first kappa shape index (κ1) is 9.72. The molecule has 0 rings (SSSR count). The van der Waals surface area contributed by atoms with Crippen LogP contribution >= 0.6 is 11.6 Å². The van der Waals surface area contributed by atoms with Crippen molar-refractivity contribution in [3.05, 3.63) is 0 Å². The van der Waals surface area contributed by atoms with Crippen LogP contribution < -0.4 is 0 Å². The second kappa shape index (κ2) is 4.52. The number of hydrogen-bond acceptors (Lipinski definition) is 2. The Bertz CT molecular complexity index is 114. The quantitative estimate of drug-likeness (QED) is 0.605. The fourth-order valence-corrected chi connectivity index (χ4v) is 0.945. The van der Waals surface area contributed by atoms with Crippen molar-refractivity contribution < 1.29 is 15.0 Å². The van der Waals surface area contributed by atoms with Gasteiger partial charge in [0.2, 0.25) is 0 Å². The molecule has 0 heterocycles. The third kappa shape index (κ3) is 3.69. The summed E-state index contributed by atoms with van der Waals surface area (Å²) < 4.78 is 0. The summed E-state index contributed by atoms with van der Waals surface area (Å²) in [6, 6.07) is 0. The molecule has 10 heavy (non-hydrogen) atoms. The average molecular weight is 167 g/mol. The number of aliphatic carboxylic acids is 1. The lowest BCUT2D eigenvalue weighted by atomic mass is 10.0. The Hall–Kier alpha value is -0.280. The van der Waals surface area contributed by atoms with Gasteiger partial charge in [-0.05, 0) is 6.92 Å². The number of aliphatic hydroxyl groups excluding tert-OH is 1. The number of rotatable bonds is 4. The highest BCUT2D eigenvalue weighted by molar-refractivity contribution is 6.18. The maximum absolute atomic E-state index is 10.1. The fourth-order valence-electron chi connectivity index (χ4n) is 0.578. The molecule has 0 amide bonds. The minimum atomic E-state index is -0.924. The standard InChI is InChI=1S/C6H11ClO3/c1-4(8)5(3-7)2-6(9)10/h4-5,8H,2-3H2,1H3,(H,9,10)/t4?,5-/m0/s1. The van der Waals surface area contributed by atoms with Crippen molar-refractivity contribution in [3.63, 3.8) is 0 Å². The lowest BCUT2D eigenvalue weighted by Gasteiger charge is -2.13. The zero-order chi connectivity index (χ0) is 8.15. The van der Waals surface area contributed by atoms with E-state index in [1.807, 2.05) is 0 Å². The van der Waals surface area contributed by atoms with Crippen molar-refractivity contribution >= 4 is 17.6 Å². The van der Waals surface area contributed by atoms with Gasteiger partial charge in [-0.15, -0.1) is 11.6 Å². The predicted octanol–water partition coefficient (Wildman–Crippen LogP) is 0.697. The molecule has 0 aromatic heterocycles. The highest BCUT2D eigenvalue weighted by Crippen LogP contribution is 2.10. The first-order valence-corrected chi connectivity index (χ1v) is 3.57. The number of hydrogen-bond donors (Lipinski definition) is 2. The van der Waals surface area contributed by atoms with Crippen molar-refractivity contribution in [2.24, 2.45) is 5.92 Å². The molecule has 0 bridgehead atoms. The number of carboxylic acids is 1. The van der Waals surface area contributed by atoms with Crippen LogP contribution in [0.25, 0.3) is 0 Å². The van der Waals surface area contributed by atoms with E-state index in [9.17, 15) is 4.79 Å². The summed E-state index contributed by atoms with van der Waals surface area (Å²) in [5.41, 5.74) is 0. The minimum Gasteiger partial charge on any atom is -0.481 e. The first-order chi connectivity index (χ1) is 4.57. The van der Waals surface area contributed by atoms with Gasteiger partial charge in [-0.25, -0.2) is 0 Å². The molecule has 60 valence electrons. The zero-order valence-electron chi connectivity index (χ0n) is 5.75. The van der Waals surface area contributed by atoms with Gasteiger partial charge >= 0.3 is 5.97 Å². The van der Waals surface area contributed by atoms with Crippen LogP contribution in [0.5, 0.6) is 0 Å². The Kier molecular flexibility index (Phi) is 4.40. The maximum Gasteiger partial charge on any atom is 0.303 e. The highest BCUT2D eigenvalue weighted by Gasteiger charge is 2.16. The summed E-state index contributed by atoms with van der Waals surface area (Å²) >= 11 is 5.38.